The molecule has 4 rings (SSSR count). The van der Waals surface area contributed by atoms with Crippen molar-refractivity contribution in [2.75, 3.05) is 5.32 Å². The molecule has 156 valence electrons. The summed E-state index contributed by atoms with van der Waals surface area (Å²) in [6, 6.07) is 15.2. The SMILES string of the molecule is CC(C)(N)c1cccc(NC(=O)Cc2ccc3c(c2)[nH]c2cc(F)c(F)cc23)c1.Cl. The smallest absolute Gasteiger partial charge is 0.228 e. The number of nitrogens with two attached hydrogens (primary N) is 1. The van der Waals surface area contributed by atoms with E-state index in [1.165, 1.54) is 6.07 Å². The van der Waals surface area contributed by atoms with Crippen LogP contribution in [0.5, 0.6) is 0 Å². The van der Waals surface area contributed by atoms with Crippen LogP contribution in [0.1, 0.15) is 25.0 Å². The second-order valence-corrected chi connectivity index (χ2v) is 7.84. The molecule has 0 fully saturated rings. The molecule has 0 aliphatic carbocycles. The molecule has 4 N–H and O–H groups in total. The van der Waals surface area contributed by atoms with Gasteiger partial charge in [-0.25, -0.2) is 8.78 Å². The highest BCUT2D eigenvalue weighted by molar-refractivity contribution is 6.07. The lowest BCUT2D eigenvalue weighted by Gasteiger charge is -2.20. The van der Waals surface area contributed by atoms with Crippen molar-refractivity contribution in [3.05, 3.63) is 77.4 Å². The van der Waals surface area contributed by atoms with Gasteiger partial charge in [-0.2, -0.15) is 0 Å². The number of hydrogen-bond acceptors (Lipinski definition) is 2. The molecular formula is C23H22ClF2N3O. The van der Waals surface area contributed by atoms with Gasteiger partial charge in [0.05, 0.1) is 6.42 Å². The van der Waals surface area contributed by atoms with Gasteiger partial charge in [0.1, 0.15) is 0 Å². The first-order valence-electron chi connectivity index (χ1n) is 9.29. The monoisotopic (exact) mass is 429 g/mol. The minimum absolute atomic E-state index is 0. The van der Waals surface area contributed by atoms with E-state index in [-0.39, 0.29) is 24.7 Å². The number of aromatic nitrogens is 1. The fourth-order valence-corrected chi connectivity index (χ4v) is 3.45. The van der Waals surface area contributed by atoms with E-state index in [2.05, 4.69) is 10.3 Å². The highest BCUT2D eigenvalue weighted by atomic mass is 35.5. The zero-order valence-corrected chi connectivity index (χ0v) is 17.4. The molecule has 4 aromatic rings. The Morgan fingerprint density at radius 3 is 2.43 bits per heavy atom. The Balaban J connectivity index is 0.00000256. The first-order valence-corrected chi connectivity index (χ1v) is 9.29. The minimum atomic E-state index is -0.897. The van der Waals surface area contributed by atoms with E-state index >= 15 is 0 Å². The van der Waals surface area contributed by atoms with E-state index < -0.39 is 17.2 Å². The molecule has 3 aromatic carbocycles. The van der Waals surface area contributed by atoms with Crippen molar-refractivity contribution < 1.29 is 13.6 Å². The number of amides is 1. The molecule has 0 atom stereocenters. The standard InChI is InChI=1S/C23H21F2N3O.ClH/c1-23(2,26)14-4-3-5-15(10-14)27-22(29)9-13-6-7-16-17-11-18(24)19(25)12-21(17)28-20(16)8-13;/h3-8,10-12,28H,9,26H2,1-2H3,(H,27,29);1H. The summed E-state index contributed by atoms with van der Waals surface area (Å²) in [5, 5.41) is 4.27. The van der Waals surface area contributed by atoms with E-state index in [0.29, 0.717) is 16.6 Å². The number of carbonyl (C=O) groups excluding carboxylic acids is 1. The maximum Gasteiger partial charge on any atom is 0.228 e. The van der Waals surface area contributed by atoms with Crippen LogP contribution in [0.4, 0.5) is 14.5 Å². The third kappa shape index (κ3) is 4.30. The summed E-state index contributed by atoms with van der Waals surface area (Å²) in [5.41, 5.74) is 9.26. The number of hydrogen-bond donors (Lipinski definition) is 3. The Labute approximate surface area is 178 Å². The van der Waals surface area contributed by atoms with Gasteiger partial charge in [0, 0.05) is 39.1 Å². The zero-order valence-electron chi connectivity index (χ0n) is 16.6. The van der Waals surface area contributed by atoms with Gasteiger partial charge in [-0.1, -0.05) is 24.3 Å². The summed E-state index contributed by atoms with van der Waals surface area (Å²) in [6.45, 7) is 3.81. The number of carbonyl (C=O) groups is 1. The van der Waals surface area contributed by atoms with Crippen molar-refractivity contribution in [2.24, 2.45) is 5.73 Å². The van der Waals surface area contributed by atoms with Gasteiger partial charge in [0.2, 0.25) is 5.91 Å². The van der Waals surface area contributed by atoms with Crippen LogP contribution < -0.4 is 11.1 Å². The summed E-state index contributed by atoms with van der Waals surface area (Å²) in [7, 11) is 0. The molecule has 4 nitrogen and oxygen atoms in total. The van der Waals surface area contributed by atoms with Crippen LogP contribution in [0.3, 0.4) is 0 Å². The summed E-state index contributed by atoms with van der Waals surface area (Å²) in [4.78, 5) is 15.6. The molecule has 0 bridgehead atoms. The predicted molar refractivity (Wildman–Crippen MR) is 119 cm³/mol. The number of fused-ring (bicyclic) bond motifs is 3. The molecule has 1 heterocycles. The van der Waals surface area contributed by atoms with Gasteiger partial charge in [0.15, 0.2) is 11.6 Å². The van der Waals surface area contributed by atoms with E-state index in [1.807, 2.05) is 56.3 Å². The van der Waals surface area contributed by atoms with Crippen LogP contribution in [-0.2, 0) is 16.8 Å². The largest absolute Gasteiger partial charge is 0.354 e. The van der Waals surface area contributed by atoms with Gasteiger partial charge in [-0.15, -0.1) is 12.4 Å². The lowest BCUT2D eigenvalue weighted by molar-refractivity contribution is -0.115. The minimum Gasteiger partial charge on any atom is -0.354 e. The molecule has 0 spiro atoms. The van der Waals surface area contributed by atoms with Crippen LogP contribution in [-0.4, -0.2) is 10.9 Å². The number of halogens is 3. The zero-order chi connectivity index (χ0) is 20.8. The summed E-state index contributed by atoms with van der Waals surface area (Å²) >= 11 is 0. The number of anilines is 1. The van der Waals surface area contributed by atoms with Gasteiger partial charge >= 0.3 is 0 Å². The molecule has 1 aromatic heterocycles. The van der Waals surface area contributed by atoms with Crippen LogP contribution >= 0.6 is 12.4 Å². The molecule has 0 aliphatic heterocycles. The Morgan fingerprint density at radius 1 is 1.00 bits per heavy atom. The lowest BCUT2D eigenvalue weighted by atomic mass is 9.95. The molecule has 0 aliphatic rings. The van der Waals surface area contributed by atoms with Gasteiger partial charge in [0.25, 0.3) is 0 Å². The molecule has 30 heavy (non-hydrogen) atoms. The average Bonchev–Trinajstić information content (AvgIpc) is 2.98. The van der Waals surface area contributed by atoms with E-state index in [9.17, 15) is 13.6 Å². The quantitative estimate of drug-likeness (QED) is 0.406. The third-order valence-electron chi connectivity index (χ3n) is 4.96. The first kappa shape index (κ1) is 21.7. The van der Waals surface area contributed by atoms with Crippen molar-refractivity contribution in [1.29, 1.82) is 0 Å². The van der Waals surface area contributed by atoms with E-state index in [1.54, 1.807) is 0 Å². The molecule has 0 radical (unpaired) electrons. The fraction of sp³-hybridized carbons (Fsp3) is 0.174. The number of rotatable bonds is 4. The van der Waals surface area contributed by atoms with Crippen molar-refractivity contribution >= 4 is 45.8 Å². The van der Waals surface area contributed by atoms with Crippen molar-refractivity contribution in [3.63, 3.8) is 0 Å². The van der Waals surface area contributed by atoms with Crippen molar-refractivity contribution in [3.8, 4) is 0 Å². The predicted octanol–water partition coefficient (Wildman–Crippen LogP) is 5.40. The van der Waals surface area contributed by atoms with Crippen molar-refractivity contribution in [2.45, 2.75) is 25.8 Å². The van der Waals surface area contributed by atoms with Crippen LogP contribution in [0.2, 0.25) is 0 Å². The number of H-pyrrole nitrogens is 1. The molecule has 7 heteroatoms. The Hall–Kier alpha value is -2.96. The number of benzene rings is 3. The van der Waals surface area contributed by atoms with Crippen molar-refractivity contribution in [1.82, 2.24) is 4.98 Å². The Kier molecular flexibility index (Phi) is 5.83. The van der Waals surface area contributed by atoms with E-state index in [0.717, 1.165) is 28.1 Å². The van der Waals surface area contributed by atoms with E-state index in [4.69, 9.17) is 5.73 Å². The highest BCUT2D eigenvalue weighted by Gasteiger charge is 2.15. The molecule has 1 amide bonds. The second-order valence-electron chi connectivity index (χ2n) is 7.84. The number of aromatic amines is 1. The van der Waals surface area contributed by atoms with Crippen LogP contribution in [0, 0.1) is 11.6 Å². The summed E-state index contributed by atoms with van der Waals surface area (Å²) < 4.78 is 27.0. The Bertz CT molecular complexity index is 1240. The Morgan fingerprint density at radius 2 is 1.70 bits per heavy atom. The van der Waals surface area contributed by atoms with Gasteiger partial charge < -0.3 is 16.0 Å². The average molecular weight is 430 g/mol. The van der Waals surface area contributed by atoms with Gasteiger partial charge in [-0.3, -0.25) is 4.79 Å². The van der Waals surface area contributed by atoms with Crippen LogP contribution in [0.25, 0.3) is 21.8 Å². The molecular weight excluding hydrogens is 408 g/mol. The normalized spacial score (nSPS) is 11.5. The lowest BCUT2D eigenvalue weighted by Crippen LogP contribution is -2.28. The second kappa shape index (κ2) is 8.05. The number of nitrogens with one attached hydrogen (secondary N) is 2. The molecule has 0 unspecified atom stereocenters. The maximum absolute atomic E-state index is 13.6. The summed E-state index contributed by atoms with van der Waals surface area (Å²) in [6.07, 6.45) is 0.171. The fourth-order valence-electron chi connectivity index (χ4n) is 3.45. The first-order chi connectivity index (χ1) is 13.7. The topological polar surface area (TPSA) is 70.9 Å². The molecule has 0 saturated heterocycles. The maximum atomic E-state index is 13.6. The van der Waals surface area contributed by atoms with Gasteiger partial charge in [-0.05, 0) is 49.2 Å². The third-order valence-corrected chi connectivity index (χ3v) is 4.96. The van der Waals surface area contributed by atoms with Crippen LogP contribution in [0.15, 0.2) is 54.6 Å². The highest BCUT2D eigenvalue weighted by Crippen LogP contribution is 2.28. The summed E-state index contributed by atoms with van der Waals surface area (Å²) in [5.74, 6) is -1.94. The molecule has 0 saturated carbocycles.